The van der Waals surface area contributed by atoms with Gasteiger partial charge in [0.15, 0.2) is 4.87 Å². The van der Waals surface area contributed by atoms with Gasteiger partial charge in [-0.2, -0.15) is 0 Å². The van der Waals surface area contributed by atoms with Crippen LogP contribution in [0, 0.1) is 22.5 Å². The Morgan fingerprint density at radius 2 is 1.79 bits per heavy atom. The van der Waals surface area contributed by atoms with E-state index in [1.54, 1.807) is 23.9 Å². The van der Waals surface area contributed by atoms with Crippen molar-refractivity contribution in [2.24, 2.45) is 5.41 Å². The highest BCUT2D eigenvalue weighted by Gasteiger charge is 2.66. The number of thioether (sulfide) groups is 1. The molecule has 5 rings (SSSR count). The molecule has 2 aliphatic heterocycles. The number of β-lactam (4-membered cyclic amide) rings is 1. The van der Waals surface area contributed by atoms with Crippen LogP contribution in [0.1, 0.15) is 30.8 Å². The largest absolute Gasteiger partial charge is 0.477 e. The molecule has 34 heavy (non-hydrogen) atoms. The van der Waals surface area contributed by atoms with Crippen molar-refractivity contribution in [1.82, 2.24) is 9.47 Å². The molecule has 0 spiro atoms. The van der Waals surface area contributed by atoms with Gasteiger partial charge in [0.25, 0.3) is 11.6 Å². The molecule has 176 valence electrons. The number of nitrogens with zero attached hydrogens (tertiary/aromatic N) is 3. The summed E-state index contributed by atoms with van der Waals surface area (Å²) in [4.78, 5) is 25.5. The van der Waals surface area contributed by atoms with Gasteiger partial charge in [0.1, 0.15) is 5.75 Å². The molecule has 1 aromatic heterocycles. The molecule has 0 saturated carbocycles. The minimum absolute atomic E-state index is 0.000123. The number of ether oxygens (including phenoxy) is 1. The second-order valence-electron chi connectivity index (χ2n) is 9.73. The first-order chi connectivity index (χ1) is 16.2. The standard InChI is InChI=1S/C26H27N3O4S/c1-17-14-21-22(28(17)18-10-12-19(13-11-18)29(31)32)15-25(2,3)16-27-24(30)23(26(21,27)34-4)33-20-8-6-5-7-9-20/h5-14,23H,15-16H2,1-4H3/t23-,26-/m0/s1. The third-order valence-electron chi connectivity index (χ3n) is 6.78. The van der Waals surface area contributed by atoms with Crippen molar-refractivity contribution in [3.05, 3.63) is 87.7 Å². The van der Waals surface area contributed by atoms with Gasteiger partial charge in [-0.1, -0.05) is 32.0 Å². The molecule has 2 atom stereocenters. The Labute approximate surface area is 202 Å². The topological polar surface area (TPSA) is 77.6 Å². The van der Waals surface area contributed by atoms with E-state index in [1.807, 2.05) is 48.4 Å². The molecule has 0 N–H and O–H groups in total. The van der Waals surface area contributed by atoms with Gasteiger partial charge in [-0.15, -0.1) is 11.8 Å². The van der Waals surface area contributed by atoms with E-state index in [4.69, 9.17) is 4.74 Å². The molecule has 3 heterocycles. The Kier molecular flexibility index (Phi) is 5.24. The highest BCUT2D eigenvalue weighted by molar-refractivity contribution is 7.99. The molecule has 8 heteroatoms. The van der Waals surface area contributed by atoms with Crippen molar-refractivity contribution in [3.8, 4) is 11.4 Å². The summed E-state index contributed by atoms with van der Waals surface area (Å²) in [5, 5.41) is 11.2. The summed E-state index contributed by atoms with van der Waals surface area (Å²) >= 11 is 1.63. The molecule has 7 nitrogen and oxygen atoms in total. The lowest BCUT2D eigenvalue weighted by atomic mass is 9.87. The normalized spacial score (nSPS) is 22.9. The van der Waals surface area contributed by atoms with E-state index in [-0.39, 0.29) is 21.9 Å². The van der Waals surface area contributed by atoms with Crippen LogP contribution in [-0.4, -0.2) is 39.2 Å². The second kappa shape index (κ2) is 7.91. The Bertz CT molecular complexity index is 1270. The van der Waals surface area contributed by atoms with Crippen LogP contribution in [0.25, 0.3) is 5.69 Å². The van der Waals surface area contributed by atoms with Gasteiger partial charge in [-0.3, -0.25) is 14.9 Å². The molecule has 1 saturated heterocycles. The number of carbonyl (C=O) groups excluding carboxylic acids is 1. The maximum Gasteiger partial charge on any atom is 0.269 e. The van der Waals surface area contributed by atoms with Gasteiger partial charge >= 0.3 is 0 Å². The molecule has 0 unspecified atom stereocenters. The van der Waals surface area contributed by atoms with Gasteiger partial charge in [0.05, 0.1) is 4.92 Å². The molecule has 2 aromatic carbocycles. The number of hydrogen-bond donors (Lipinski definition) is 0. The molecule has 2 aliphatic rings. The number of hydrogen-bond acceptors (Lipinski definition) is 5. The van der Waals surface area contributed by atoms with E-state index in [1.165, 1.54) is 12.1 Å². The Morgan fingerprint density at radius 1 is 1.12 bits per heavy atom. The Balaban J connectivity index is 1.67. The van der Waals surface area contributed by atoms with Crippen LogP contribution in [0.3, 0.4) is 0 Å². The summed E-state index contributed by atoms with van der Waals surface area (Å²) in [6, 6.07) is 18.3. The van der Waals surface area contributed by atoms with Crippen LogP contribution in [0.4, 0.5) is 5.69 Å². The number of rotatable bonds is 5. The predicted molar refractivity (Wildman–Crippen MR) is 132 cm³/mol. The number of amides is 1. The Hall–Kier alpha value is -3.26. The lowest BCUT2D eigenvalue weighted by Gasteiger charge is -2.56. The highest BCUT2D eigenvalue weighted by Crippen LogP contribution is 2.56. The molecule has 0 radical (unpaired) electrons. The van der Waals surface area contributed by atoms with Crippen molar-refractivity contribution in [3.63, 3.8) is 0 Å². The molecule has 0 bridgehead atoms. The van der Waals surface area contributed by atoms with Gasteiger partial charge in [0.2, 0.25) is 6.10 Å². The monoisotopic (exact) mass is 477 g/mol. The van der Waals surface area contributed by atoms with Crippen LogP contribution < -0.4 is 4.74 Å². The first-order valence-corrected chi connectivity index (χ1v) is 12.5. The number of aromatic nitrogens is 1. The molecular weight excluding hydrogens is 450 g/mol. The third-order valence-corrected chi connectivity index (χ3v) is 8.06. The van der Waals surface area contributed by atoms with Crippen LogP contribution in [0.15, 0.2) is 60.7 Å². The van der Waals surface area contributed by atoms with Crippen LogP contribution in [0.2, 0.25) is 0 Å². The fourth-order valence-corrected chi connectivity index (χ4v) is 6.45. The zero-order chi connectivity index (χ0) is 24.3. The predicted octanol–water partition coefficient (Wildman–Crippen LogP) is 5.08. The summed E-state index contributed by atoms with van der Waals surface area (Å²) in [7, 11) is 0. The van der Waals surface area contributed by atoms with Gasteiger partial charge in [0, 0.05) is 41.3 Å². The first-order valence-electron chi connectivity index (χ1n) is 11.2. The SMILES string of the molecule is CS[C@]12c3cc(C)n(-c4ccc([N+](=O)[O-])cc4)c3CC(C)(C)CN1C(=O)[C@@H]2Oc1ccccc1. The number of carbonyl (C=O) groups is 1. The number of aryl methyl sites for hydroxylation is 1. The van der Waals surface area contributed by atoms with Crippen molar-refractivity contribution < 1.29 is 14.5 Å². The van der Waals surface area contributed by atoms with Crippen LogP contribution in [0.5, 0.6) is 5.75 Å². The third kappa shape index (κ3) is 3.31. The summed E-state index contributed by atoms with van der Waals surface area (Å²) in [5.74, 6) is 0.672. The molecule has 1 amide bonds. The minimum Gasteiger partial charge on any atom is -0.477 e. The summed E-state index contributed by atoms with van der Waals surface area (Å²) in [6.45, 7) is 7.01. The fourth-order valence-electron chi connectivity index (χ4n) is 5.32. The van der Waals surface area contributed by atoms with Gasteiger partial charge < -0.3 is 14.2 Å². The van der Waals surface area contributed by atoms with Gasteiger partial charge in [-0.25, -0.2) is 0 Å². The number of benzene rings is 2. The van der Waals surface area contributed by atoms with Crippen LogP contribution >= 0.6 is 11.8 Å². The average molecular weight is 478 g/mol. The number of non-ortho nitro benzene ring substituents is 1. The second-order valence-corrected chi connectivity index (χ2v) is 10.8. The van der Waals surface area contributed by atoms with Crippen molar-refractivity contribution in [2.75, 3.05) is 12.8 Å². The average Bonchev–Trinajstić information content (AvgIpc) is 3.09. The molecule has 1 fully saturated rings. The lowest BCUT2D eigenvalue weighted by Crippen LogP contribution is -2.72. The lowest BCUT2D eigenvalue weighted by molar-refractivity contribution is -0.384. The van der Waals surface area contributed by atoms with Crippen molar-refractivity contribution in [2.45, 2.75) is 38.2 Å². The molecule has 3 aromatic rings. The zero-order valence-electron chi connectivity index (χ0n) is 19.6. The van der Waals surface area contributed by atoms with Crippen molar-refractivity contribution >= 4 is 23.4 Å². The summed E-state index contributed by atoms with van der Waals surface area (Å²) < 4.78 is 8.48. The molecule has 0 aliphatic carbocycles. The number of nitro benzene ring substituents is 1. The molecular formula is C26H27N3O4S. The van der Waals surface area contributed by atoms with Gasteiger partial charge in [-0.05, 0) is 55.3 Å². The van der Waals surface area contributed by atoms with E-state index in [2.05, 4.69) is 24.5 Å². The van der Waals surface area contributed by atoms with E-state index in [9.17, 15) is 14.9 Å². The van der Waals surface area contributed by atoms with Crippen LogP contribution in [-0.2, 0) is 16.1 Å². The smallest absolute Gasteiger partial charge is 0.269 e. The zero-order valence-corrected chi connectivity index (χ0v) is 20.5. The number of nitro groups is 1. The first kappa shape index (κ1) is 22.5. The fraction of sp³-hybridized carbons (Fsp3) is 0.346. The highest BCUT2D eigenvalue weighted by atomic mass is 32.2. The summed E-state index contributed by atoms with van der Waals surface area (Å²) in [5.41, 5.74) is 3.97. The Morgan fingerprint density at radius 3 is 2.41 bits per heavy atom. The van der Waals surface area contributed by atoms with E-state index < -0.39 is 11.0 Å². The maximum absolute atomic E-state index is 13.4. The quantitative estimate of drug-likeness (QED) is 0.291. The number of para-hydroxylation sites is 1. The van der Waals surface area contributed by atoms with E-state index >= 15 is 0 Å². The summed E-state index contributed by atoms with van der Waals surface area (Å²) in [6.07, 6.45) is 2.16. The number of fused-ring (bicyclic) bond motifs is 3. The maximum atomic E-state index is 13.4. The van der Waals surface area contributed by atoms with E-state index in [0.717, 1.165) is 29.1 Å². The van der Waals surface area contributed by atoms with E-state index in [0.29, 0.717) is 12.3 Å². The minimum atomic E-state index is -0.646. The van der Waals surface area contributed by atoms with Crippen molar-refractivity contribution in [1.29, 1.82) is 0 Å².